The molecule has 4 heteroatoms. The van der Waals surface area contributed by atoms with E-state index in [1.807, 2.05) is 18.2 Å². The van der Waals surface area contributed by atoms with E-state index in [9.17, 15) is 9.18 Å². The maximum atomic E-state index is 13.8. The van der Waals surface area contributed by atoms with Crippen LogP contribution in [0.25, 0.3) is 0 Å². The van der Waals surface area contributed by atoms with Crippen LogP contribution in [0.1, 0.15) is 19.4 Å². The van der Waals surface area contributed by atoms with Crippen molar-refractivity contribution in [3.05, 3.63) is 66.0 Å². The van der Waals surface area contributed by atoms with Gasteiger partial charge < -0.3 is 10.6 Å². The maximum absolute atomic E-state index is 13.8. The van der Waals surface area contributed by atoms with E-state index in [1.165, 1.54) is 6.07 Å². The van der Waals surface area contributed by atoms with Crippen molar-refractivity contribution in [3.8, 4) is 0 Å². The van der Waals surface area contributed by atoms with Crippen molar-refractivity contribution in [2.24, 2.45) is 0 Å². The van der Waals surface area contributed by atoms with Gasteiger partial charge in [-0.25, -0.2) is 9.18 Å². The maximum Gasteiger partial charge on any atom is 0.319 e. The van der Waals surface area contributed by atoms with Gasteiger partial charge in [0.05, 0.1) is 5.54 Å². The zero-order valence-electron chi connectivity index (χ0n) is 11.5. The Labute approximate surface area is 117 Å². The summed E-state index contributed by atoms with van der Waals surface area (Å²) >= 11 is 0. The molecule has 2 aromatic carbocycles. The van der Waals surface area contributed by atoms with Crippen molar-refractivity contribution < 1.29 is 9.18 Å². The molecule has 2 aromatic rings. The number of halogens is 1. The lowest BCUT2D eigenvalue weighted by molar-refractivity contribution is 0.241. The first kappa shape index (κ1) is 14.1. The van der Waals surface area contributed by atoms with Crippen molar-refractivity contribution in [1.82, 2.24) is 5.32 Å². The van der Waals surface area contributed by atoms with E-state index in [1.54, 1.807) is 44.2 Å². The topological polar surface area (TPSA) is 41.1 Å². The highest BCUT2D eigenvalue weighted by Crippen LogP contribution is 2.22. The molecule has 20 heavy (non-hydrogen) atoms. The zero-order valence-corrected chi connectivity index (χ0v) is 11.5. The van der Waals surface area contributed by atoms with Crippen molar-refractivity contribution in [3.63, 3.8) is 0 Å². The third kappa shape index (κ3) is 3.35. The summed E-state index contributed by atoms with van der Waals surface area (Å²) in [6, 6.07) is 15.2. The molecule has 0 aromatic heterocycles. The number of anilines is 1. The molecule has 0 aliphatic heterocycles. The predicted molar refractivity (Wildman–Crippen MR) is 78.0 cm³/mol. The van der Waals surface area contributed by atoms with E-state index in [0.717, 1.165) is 0 Å². The molecular formula is C16H17FN2O. The Kier molecular flexibility index (Phi) is 4.03. The summed E-state index contributed by atoms with van der Waals surface area (Å²) in [7, 11) is 0. The fraction of sp³-hybridized carbons (Fsp3) is 0.188. The van der Waals surface area contributed by atoms with Gasteiger partial charge in [-0.15, -0.1) is 0 Å². The highest BCUT2D eigenvalue weighted by molar-refractivity contribution is 5.89. The number of amides is 2. The number of nitrogens with one attached hydrogen (secondary N) is 2. The summed E-state index contributed by atoms with van der Waals surface area (Å²) in [5, 5.41) is 5.49. The number of carbonyl (C=O) groups is 1. The fourth-order valence-corrected chi connectivity index (χ4v) is 2.00. The molecule has 0 atom stereocenters. The predicted octanol–water partition coefficient (Wildman–Crippen LogP) is 3.88. The molecule has 2 rings (SSSR count). The monoisotopic (exact) mass is 272 g/mol. The SMILES string of the molecule is CC(C)(NC(=O)Nc1ccccc1)c1ccccc1F. The second-order valence-electron chi connectivity index (χ2n) is 5.05. The molecule has 0 saturated carbocycles. The van der Waals surface area contributed by atoms with Crippen molar-refractivity contribution >= 4 is 11.7 Å². The summed E-state index contributed by atoms with van der Waals surface area (Å²) in [5.41, 5.74) is 0.335. The molecule has 0 saturated heterocycles. The van der Waals surface area contributed by atoms with Gasteiger partial charge in [-0.3, -0.25) is 0 Å². The first-order valence-electron chi connectivity index (χ1n) is 6.38. The lowest BCUT2D eigenvalue weighted by Crippen LogP contribution is -2.43. The smallest absolute Gasteiger partial charge is 0.319 e. The molecule has 0 aliphatic rings. The number of para-hydroxylation sites is 1. The van der Waals surface area contributed by atoms with Crippen LogP contribution >= 0.6 is 0 Å². The van der Waals surface area contributed by atoms with Crippen LogP contribution in [0.5, 0.6) is 0 Å². The summed E-state index contributed by atoms with van der Waals surface area (Å²) in [6.07, 6.45) is 0. The second-order valence-corrected chi connectivity index (χ2v) is 5.05. The quantitative estimate of drug-likeness (QED) is 0.874. The van der Waals surface area contributed by atoms with Gasteiger partial charge >= 0.3 is 6.03 Å². The Balaban J connectivity index is 2.09. The van der Waals surface area contributed by atoms with Gasteiger partial charge in [-0.05, 0) is 32.0 Å². The van der Waals surface area contributed by atoms with Crippen LogP contribution in [-0.4, -0.2) is 6.03 Å². The minimum absolute atomic E-state index is 0.336. The normalized spacial score (nSPS) is 10.9. The Morgan fingerprint density at radius 2 is 1.60 bits per heavy atom. The molecule has 0 aliphatic carbocycles. The highest BCUT2D eigenvalue weighted by atomic mass is 19.1. The van der Waals surface area contributed by atoms with Gasteiger partial charge in [0.25, 0.3) is 0 Å². The van der Waals surface area contributed by atoms with Crippen LogP contribution < -0.4 is 10.6 Å². The fourth-order valence-electron chi connectivity index (χ4n) is 2.00. The van der Waals surface area contributed by atoms with Gasteiger partial charge in [0.2, 0.25) is 0 Å². The highest BCUT2D eigenvalue weighted by Gasteiger charge is 2.25. The van der Waals surface area contributed by atoms with E-state index in [2.05, 4.69) is 10.6 Å². The summed E-state index contributed by atoms with van der Waals surface area (Å²) < 4.78 is 13.8. The van der Waals surface area contributed by atoms with Crippen LogP contribution in [0.2, 0.25) is 0 Å². The zero-order chi connectivity index (χ0) is 14.6. The second kappa shape index (κ2) is 5.74. The van der Waals surface area contributed by atoms with E-state index in [0.29, 0.717) is 11.3 Å². The number of urea groups is 1. The van der Waals surface area contributed by atoms with E-state index >= 15 is 0 Å². The minimum atomic E-state index is -0.801. The van der Waals surface area contributed by atoms with Crippen LogP contribution in [-0.2, 0) is 5.54 Å². The van der Waals surface area contributed by atoms with Crippen LogP contribution in [0.3, 0.4) is 0 Å². The molecule has 2 amide bonds. The minimum Gasteiger partial charge on any atom is -0.329 e. The lowest BCUT2D eigenvalue weighted by atomic mass is 9.94. The molecule has 0 spiro atoms. The molecule has 0 heterocycles. The third-order valence-corrected chi connectivity index (χ3v) is 3.00. The first-order valence-corrected chi connectivity index (χ1v) is 6.38. The molecule has 3 nitrogen and oxygen atoms in total. The van der Waals surface area contributed by atoms with Gasteiger partial charge in [-0.1, -0.05) is 36.4 Å². The van der Waals surface area contributed by atoms with E-state index in [4.69, 9.17) is 0 Å². The van der Waals surface area contributed by atoms with Crippen LogP contribution in [0.4, 0.5) is 14.9 Å². The van der Waals surface area contributed by atoms with Gasteiger partial charge in [0.15, 0.2) is 0 Å². The molecule has 2 N–H and O–H groups in total. The number of benzene rings is 2. The summed E-state index contributed by atoms with van der Waals surface area (Å²) in [5.74, 6) is -0.336. The number of rotatable bonds is 3. The van der Waals surface area contributed by atoms with Crippen LogP contribution in [0.15, 0.2) is 54.6 Å². The Hall–Kier alpha value is -2.36. The Morgan fingerprint density at radius 3 is 2.25 bits per heavy atom. The number of hydrogen-bond donors (Lipinski definition) is 2. The third-order valence-electron chi connectivity index (χ3n) is 3.00. The summed E-state index contributed by atoms with van der Waals surface area (Å²) in [6.45, 7) is 3.52. The van der Waals surface area contributed by atoms with Crippen molar-refractivity contribution in [2.75, 3.05) is 5.32 Å². The molecule has 104 valence electrons. The average Bonchev–Trinajstić information content (AvgIpc) is 2.39. The molecule has 0 fully saturated rings. The summed E-state index contributed by atoms with van der Waals surface area (Å²) in [4.78, 5) is 12.0. The van der Waals surface area contributed by atoms with Gasteiger partial charge in [-0.2, -0.15) is 0 Å². The Morgan fingerprint density at radius 1 is 1.00 bits per heavy atom. The van der Waals surface area contributed by atoms with E-state index < -0.39 is 5.54 Å². The number of hydrogen-bond acceptors (Lipinski definition) is 1. The largest absolute Gasteiger partial charge is 0.329 e. The van der Waals surface area contributed by atoms with Crippen LogP contribution in [0, 0.1) is 5.82 Å². The molecule has 0 unspecified atom stereocenters. The molecule has 0 radical (unpaired) electrons. The standard InChI is InChI=1S/C16H17FN2O/c1-16(2,13-10-6-7-11-14(13)17)19-15(20)18-12-8-4-3-5-9-12/h3-11H,1-2H3,(H2,18,19,20). The average molecular weight is 272 g/mol. The number of carbonyl (C=O) groups excluding carboxylic acids is 1. The molecular weight excluding hydrogens is 255 g/mol. The Bertz CT molecular complexity index is 596. The van der Waals surface area contributed by atoms with Gasteiger partial charge in [0.1, 0.15) is 5.82 Å². The van der Waals surface area contributed by atoms with Gasteiger partial charge in [0, 0.05) is 11.3 Å². The van der Waals surface area contributed by atoms with Crippen molar-refractivity contribution in [1.29, 1.82) is 0 Å². The molecule has 0 bridgehead atoms. The first-order chi connectivity index (χ1) is 9.49. The lowest BCUT2D eigenvalue weighted by Gasteiger charge is -2.27. The van der Waals surface area contributed by atoms with Crippen molar-refractivity contribution in [2.45, 2.75) is 19.4 Å². The van der Waals surface area contributed by atoms with E-state index in [-0.39, 0.29) is 11.8 Å².